The number of imidazole rings is 1. The second kappa shape index (κ2) is 18.4. The van der Waals surface area contributed by atoms with Crippen LogP contribution >= 0.6 is 0 Å². The normalized spacial score (nSPS) is 14.5. The molecular formula is C63H70N3OPt-. The smallest absolute Gasteiger partial charge is 0.148 e. The Morgan fingerprint density at radius 3 is 1.85 bits per heavy atom. The first-order valence-corrected chi connectivity index (χ1v) is 23.3. The van der Waals surface area contributed by atoms with Crippen molar-refractivity contribution >= 4 is 11.0 Å². The summed E-state index contributed by atoms with van der Waals surface area (Å²) in [6.45, 7) is 30.0. The minimum atomic E-state index is -1.87. The number of phenolic OH excluding ortho intramolecular Hbond substituents is 1. The van der Waals surface area contributed by atoms with Gasteiger partial charge in [0.1, 0.15) is 11.6 Å². The van der Waals surface area contributed by atoms with Crippen LogP contribution in [-0.2, 0) is 49.1 Å². The first-order valence-electron chi connectivity index (χ1n) is 27.3. The number of benzene rings is 6. The van der Waals surface area contributed by atoms with Gasteiger partial charge in [0.05, 0.1) is 30.5 Å². The van der Waals surface area contributed by atoms with E-state index in [2.05, 4.69) is 89.0 Å². The third-order valence-electron chi connectivity index (χ3n) is 12.0. The van der Waals surface area contributed by atoms with Gasteiger partial charge >= 0.3 is 0 Å². The number of para-hydroxylation sites is 1. The van der Waals surface area contributed by atoms with Crippen molar-refractivity contribution in [1.29, 1.82) is 0 Å². The largest absolute Gasteiger partial charge is 0.507 e. The molecule has 0 fully saturated rings. The fourth-order valence-electron chi connectivity index (χ4n) is 8.31. The predicted molar refractivity (Wildman–Crippen MR) is 285 cm³/mol. The Morgan fingerprint density at radius 2 is 1.24 bits per heavy atom. The van der Waals surface area contributed by atoms with Gasteiger partial charge in [-0.05, 0) is 97.1 Å². The first kappa shape index (κ1) is 40.3. The van der Waals surface area contributed by atoms with Gasteiger partial charge in [0.15, 0.2) is 0 Å². The average molecular weight is 1090 g/mol. The molecule has 0 aliphatic carbocycles. The fourth-order valence-corrected chi connectivity index (χ4v) is 8.31. The number of fused-ring (bicyclic) bond motifs is 1. The van der Waals surface area contributed by atoms with Gasteiger partial charge in [-0.3, -0.25) is 9.55 Å². The van der Waals surface area contributed by atoms with Crippen molar-refractivity contribution in [2.45, 2.75) is 132 Å². The van der Waals surface area contributed by atoms with E-state index in [1.807, 2.05) is 88.6 Å². The summed E-state index contributed by atoms with van der Waals surface area (Å²) >= 11 is 0. The Bertz CT molecular complexity index is 3500. The number of aromatic hydroxyl groups is 1. The molecule has 4 nitrogen and oxygen atoms in total. The molecule has 0 unspecified atom stereocenters. The predicted octanol–water partition coefficient (Wildman–Crippen LogP) is 17.0. The monoisotopic (exact) mass is 1090 g/mol. The summed E-state index contributed by atoms with van der Waals surface area (Å²) < 4.78 is 76.3. The van der Waals surface area contributed by atoms with Gasteiger partial charge in [-0.2, -0.15) is 0 Å². The SMILES string of the molecule is [2H]c1cc(C([2H])([2H])C(C)(C)C)cc([2H])c1-c1c([2H])cnc(-c2[c-]c(-c3cccc4c3nc(-c3c([2H])c(C(C)(C)C)c([2H])c(C(C)(C)C)c3O)n4-c3ccc(C(C)(C)C)cc3-c3ccccc3)cc(C(C)(C)C)c2)c1[2H].[Pt]. The van der Waals surface area contributed by atoms with Gasteiger partial charge < -0.3 is 5.11 Å². The van der Waals surface area contributed by atoms with Gasteiger partial charge in [-0.1, -0.05) is 200 Å². The molecule has 0 amide bonds. The van der Waals surface area contributed by atoms with Crippen molar-refractivity contribution in [2.75, 3.05) is 0 Å². The molecule has 8 aromatic rings. The number of nitrogens with zero attached hydrogens (tertiary/aromatic N) is 3. The van der Waals surface area contributed by atoms with Gasteiger partial charge in [0.2, 0.25) is 0 Å². The van der Waals surface area contributed by atoms with Crippen LogP contribution in [0, 0.1) is 11.5 Å². The third kappa shape index (κ3) is 10.5. The first-order chi connectivity index (χ1) is 34.5. The van der Waals surface area contributed by atoms with Crippen molar-refractivity contribution in [2.24, 2.45) is 5.41 Å². The van der Waals surface area contributed by atoms with E-state index < -0.39 is 28.0 Å². The zero-order valence-corrected chi connectivity index (χ0v) is 44.6. The molecule has 8 rings (SSSR count). The Morgan fingerprint density at radius 1 is 0.588 bits per heavy atom. The standard InChI is InChI=1S/C63H70N3O.Pt/c1-59(2,3)39-40-24-26-41(27-25-40)43-30-31-64-53(35-43)45-32-44(33-47(34-45)61(7,8)9)49-22-19-23-55-56(49)65-58(51-37-48(62(10,11)12)38-52(57(51)67)63(13,14)15)66(55)54-29-28-46(60(4,5)6)36-50(54)42-20-17-16-18-21-42;/h16-31,33-38,67H,39H2,1-15H3;/q-1;/i26D,27D,30D,35D,37D,38D,39D2;. The molecule has 0 aliphatic heterocycles. The Balaban J connectivity index is 0.00000840. The Kier molecular flexibility index (Phi) is 10.9. The molecular weight excluding hydrogens is 1010 g/mol. The maximum absolute atomic E-state index is 12.7. The molecule has 68 heavy (non-hydrogen) atoms. The minimum Gasteiger partial charge on any atom is -0.507 e. The van der Waals surface area contributed by atoms with Gasteiger partial charge in [0.25, 0.3) is 0 Å². The minimum absolute atomic E-state index is 0. The molecule has 0 spiro atoms. The van der Waals surface area contributed by atoms with Crippen LogP contribution in [-0.4, -0.2) is 19.6 Å². The molecule has 6 aromatic carbocycles. The van der Waals surface area contributed by atoms with Crippen molar-refractivity contribution in [3.05, 3.63) is 167 Å². The van der Waals surface area contributed by atoms with Crippen molar-refractivity contribution < 1.29 is 37.1 Å². The zero-order chi connectivity index (χ0) is 55.4. The van der Waals surface area contributed by atoms with Crippen LogP contribution in [0.5, 0.6) is 5.75 Å². The number of rotatable bonds is 7. The van der Waals surface area contributed by atoms with E-state index in [1.165, 1.54) is 18.3 Å². The summed E-state index contributed by atoms with van der Waals surface area (Å²) in [5.41, 5.74) is 6.46. The van der Waals surface area contributed by atoms with E-state index in [0.717, 1.165) is 27.9 Å². The van der Waals surface area contributed by atoms with E-state index in [9.17, 15) is 9.22 Å². The quantitative estimate of drug-likeness (QED) is 0.162. The summed E-state index contributed by atoms with van der Waals surface area (Å²) in [4.78, 5) is 10.2. The molecule has 1 N–H and O–H groups in total. The third-order valence-corrected chi connectivity index (χ3v) is 12.0. The summed E-state index contributed by atoms with van der Waals surface area (Å²) in [6, 6.07) is 32.4. The fraction of sp³-hybridized carbons (Fsp3) is 0.333. The molecule has 0 saturated carbocycles. The molecule has 0 aliphatic rings. The van der Waals surface area contributed by atoms with E-state index in [4.69, 9.17) is 11.8 Å². The average Bonchev–Trinajstić information content (AvgIpc) is 3.66. The maximum atomic E-state index is 12.7. The van der Waals surface area contributed by atoms with Crippen molar-refractivity contribution in [3.8, 4) is 67.5 Å². The number of aromatic nitrogens is 3. The van der Waals surface area contributed by atoms with Crippen LogP contribution in [0.3, 0.4) is 0 Å². The van der Waals surface area contributed by atoms with Crippen LogP contribution in [0.1, 0.15) is 143 Å². The van der Waals surface area contributed by atoms with Crippen LogP contribution in [0.2, 0.25) is 0 Å². The maximum Gasteiger partial charge on any atom is 0.148 e. The second-order valence-electron chi connectivity index (χ2n) is 23.0. The number of phenols is 1. The molecule has 0 saturated heterocycles. The molecule has 0 atom stereocenters. The molecule has 354 valence electrons. The van der Waals surface area contributed by atoms with E-state index in [0.29, 0.717) is 44.7 Å². The Hall–Kier alpha value is -5.57. The molecule has 2 aromatic heterocycles. The molecule has 5 heteroatoms. The van der Waals surface area contributed by atoms with Crippen LogP contribution in [0.15, 0.2) is 133 Å². The summed E-state index contributed by atoms with van der Waals surface area (Å²) in [6.07, 6.45) is -0.537. The van der Waals surface area contributed by atoms with Crippen LogP contribution in [0.4, 0.5) is 0 Å². The van der Waals surface area contributed by atoms with Crippen molar-refractivity contribution in [1.82, 2.24) is 14.5 Å². The summed E-state index contributed by atoms with van der Waals surface area (Å²) in [5.74, 6) is 0.158. The molecule has 0 bridgehead atoms. The number of hydrogen-bond donors (Lipinski definition) is 1. The summed E-state index contributed by atoms with van der Waals surface area (Å²) in [7, 11) is 0. The Labute approximate surface area is 432 Å². The van der Waals surface area contributed by atoms with E-state index in [-0.39, 0.29) is 96.4 Å². The van der Waals surface area contributed by atoms with Gasteiger partial charge in [-0.25, -0.2) is 4.98 Å². The van der Waals surface area contributed by atoms with Crippen LogP contribution < -0.4 is 0 Å². The number of pyridine rings is 1. The molecule has 2 heterocycles. The van der Waals surface area contributed by atoms with Crippen molar-refractivity contribution in [3.63, 3.8) is 0 Å². The topological polar surface area (TPSA) is 50.9 Å². The van der Waals surface area contributed by atoms with Gasteiger partial charge in [-0.15, -0.1) is 29.3 Å². The van der Waals surface area contributed by atoms with Crippen LogP contribution in [0.25, 0.3) is 72.7 Å². The van der Waals surface area contributed by atoms with E-state index >= 15 is 0 Å². The second-order valence-corrected chi connectivity index (χ2v) is 23.0. The van der Waals surface area contributed by atoms with E-state index in [1.54, 1.807) is 20.8 Å². The molecule has 0 radical (unpaired) electrons. The van der Waals surface area contributed by atoms with Gasteiger partial charge in [0, 0.05) is 46.8 Å². The number of hydrogen-bond acceptors (Lipinski definition) is 3. The summed E-state index contributed by atoms with van der Waals surface area (Å²) in [5, 5.41) is 12.7. The zero-order valence-electron chi connectivity index (χ0n) is 50.3.